The van der Waals surface area contributed by atoms with Crippen molar-refractivity contribution >= 4 is 35.2 Å². The van der Waals surface area contributed by atoms with Crippen LogP contribution in [0.4, 0.5) is 0 Å². The summed E-state index contributed by atoms with van der Waals surface area (Å²) in [4.78, 5) is 8.86. The molecule has 3 heterocycles. The molecule has 0 aliphatic heterocycles. The van der Waals surface area contributed by atoms with E-state index in [2.05, 4.69) is 79.9 Å². The molecule has 3 aromatic heterocycles. The van der Waals surface area contributed by atoms with Crippen molar-refractivity contribution in [2.45, 2.75) is 33.5 Å². The molecule has 0 atom stereocenters. The van der Waals surface area contributed by atoms with E-state index in [-0.39, 0.29) is 20.1 Å². The molecule has 6 aromatic rings. The van der Waals surface area contributed by atoms with Gasteiger partial charge in [-0.05, 0) is 42.9 Å². The Hall–Kier alpha value is -3.37. The fraction of sp³-hybridized carbons (Fsp3) is 0.152. The van der Waals surface area contributed by atoms with Gasteiger partial charge in [0, 0.05) is 46.0 Å². The Labute approximate surface area is 239 Å². The van der Waals surface area contributed by atoms with E-state index in [1.165, 1.54) is 27.1 Å². The van der Waals surface area contributed by atoms with Crippen LogP contribution in [0.3, 0.4) is 0 Å². The molecule has 6 rings (SSSR count). The van der Waals surface area contributed by atoms with Gasteiger partial charge in [0.05, 0.1) is 5.58 Å². The number of hydrogen-bond donors (Lipinski definition) is 0. The predicted octanol–water partition coefficient (Wildman–Crippen LogP) is 8.16. The molecule has 0 aliphatic rings. The van der Waals surface area contributed by atoms with Crippen LogP contribution in [-0.2, 0) is 20.1 Å². The standard InChI is InChI=1S/C20H18NOSi.C13H12N.Ir/c1-23(2,3)18-12-11-14(16-9-6-7-13-21-16)20-19(18)15-8-4-5-10-17(15)22-20;1-10-8-13(14-9-11(10)2)12-6-4-3-5-7-12;/h4-10,12-13H,1-3H3;3-6,8-9H,1-2H3;/q2*-1;. The summed E-state index contributed by atoms with van der Waals surface area (Å²) in [6.45, 7) is 11.2. The summed E-state index contributed by atoms with van der Waals surface area (Å²) in [5.41, 5.74) is 8.22. The van der Waals surface area contributed by atoms with E-state index in [0.717, 1.165) is 33.7 Å². The van der Waals surface area contributed by atoms with Crippen molar-refractivity contribution in [1.29, 1.82) is 0 Å². The van der Waals surface area contributed by atoms with Gasteiger partial charge in [0.1, 0.15) is 5.58 Å². The van der Waals surface area contributed by atoms with Crippen LogP contribution in [0, 0.1) is 26.0 Å². The molecule has 0 saturated heterocycles. The normalized spacial score (nSPS) is 11.1. The topological polar surface area (TPSA) is 38.9 Å². The molecule has 0 aliphatic carbocycles. The molecule has 1 radical (unpaired) electrons. The molecule has 0 saturated carbocycles. The summed E-state index contributed by atoms with van der Waals surface area (Å²) in [5.74, 6) is 0. The first-order valence-corrected chi connectivity index (χ1v) is 16.0. The van der Waals surface area contributed by atoms with Crippen LogP contribution in [0.5, 0.6) is 0 Å². The van der Waals surface area contributed by atoms with Gasteiger partial charge >= 0.3 is 0 Å². The number of aromatic nitrogens is 2. The number of benzene rings is 3. The van der Waals surface area contributed by atoms with Gasteiger partial charge < -0.3 is 14.4 Å². The maximum Gasteiger partial charge on any atom is 0.120 e. The number of rotatable bonds is 3. The quantitative estimate of drug-likeness (QED) is 0.139. The number of para-hydroxylation sites is 1. The summed E-state index contributed by atoms with van der Waals surface area (Å²) in [7, 11) is -1.51. The third-order valence-electron chi connectivity index (χ3n) is 6.54. The molecule has 3 nitrogen and oxygen atoms in total. The van der Waals surface area contributed by atoms with E-state index >= 15 is 0 Å². The van der Waals surface area contributed by atoms with Crippen LogP contribution < -0.4 is 5.19 Å². The first kappa shape index (κ1) is 27.7. The van der Waals surface area contributed by atoms with E-state index < -0.39 is 8.07 Å². The second-order valence-corrected chi connectivity index (χ2v) is 15.3. The van der Waals surface area contributed by atoms with Crippen LogP contribution in [0.2, 0.25) is 19.6 Å². The van der Waals surface area contributed by atoms with Gasteiger partial charge in [0.15, 0.2) is 0 Å². The summed E-state index contributed by atoms with van der Waals surface area (Å²) in [6, 6.07) is 33.0. The summed E-state index contributed by atoms with van der Waals surface area (Å²) < 4.78 is 6.22. The van der Waals surface area contributed by atoms with Crippen molar-refractivity contribution in [2.24, 2.45) is 0 Å². The second-order valence-electron chi connectivity index (χ2n) is 10.3. The maximum atomic E-state index is 6.22. The number of hydrogen-bond acceptors (Lipinski definition) is 3. The largest absolute Gasteiger partial charge is 0.501 e. The van der Waals surface area contributed by atoms with Crippen molar-refractivity contribution < 1.29 is 24.5 Å². The van der Waals surface area contributed by atoms with E-state index in [1.54, 1.807) is 0 Å². The molecule has 0 bridgehead atoms. The van der Waals surface area contributed by atoms with E-state index in [1.807, 2.05) is 67.0 Å². The van der Waals surface area contributed by atoms with Crippen LogP contribution in [0.1, 0.15) is 11.1 Å². The van der Waals surface area contributed by atoms with Gasteiger partial charge in [0.25, 0.3) is 0 Å². The van der Waals surface area contributed by atoms with Crippen molar-refractivity contribution in [3.63, 3.8) is 0 Å². The average Bonchev–Trinajstić information content (AvgIpc) is 3.30. The first-order chi connectivity index (χ1) is 17.8. The zero-order valence-electron chi connectivity index (χ0n) is 22.3. The zero-order valence-corrected chi connectivity index (χ0v) is 25.7. The van der Waals surface area contributed by atoms with Crippen molar-refractivity contribution in [3.05, 3.63) is 115 Å². The van der Waals surface area contributed by atoms with Gasteiger partial charge in [-0.1, -0.05) is 72.6 Å². The van der Waals surface area contributed by atoms with Gasteiger partial charge in [-0.15, -0.1) is 53.2 Å². The number of fused-ring (bicyclic) bond motifs is 3. The molecule has 3 aromatic carbocycles. The third-order valence-corrected chi connectivity index (χ3v) is 8.55. The fourth-order valence-electron chi connectivity index (χ4n) is 4.39. The Morgan fingerprint density at radius 1 is 0.789 bits per heavy atom. The first-order valence-electron chi connectivity index (χ1n) is 12.5. The molecule has 193 valence electrons. The predicted molar refractivity (Wildman–Crippen MR) is 157 cm³/mol. The number of furan rings is 1. The van der Waals surface area contributed by atoms with Crippen molar-refractivity contribution in [1.82, 2.24) is 9.97 Å². The molecule has 0 unspecified atom stereocenters. The average molecular weight is 691 g/mol. The SMILES string of the molecule is C[Si](C)(C)c1c[c-]c(-c2ccccn2)c2oc3ccccc3c12.Cc1cnc(-c2[c-]cccc2)cc1C.[Ir]. The minimum Gasteiger partial charge on any atom is -0.501 e. The Morgan fingerprint density at radius 3 is 2.24 bits per heavy atom. The molecule has 0 spiro atoms. The second kappa shape index (κ2) is 11.6. The van der Waals surface area contributed by atoms with Crippen molar-refractivity contribution in [3.8, 4) is 22.5 Å². The van der Waals surface area contributed by atoms with Crippen LogP contribution in [-0.4, -0.2) is 18.0 Å². The summed E-state index contributed by atoms with van der Waals surface area (Å²) in [5, 5.41) is 3.81. The molecule has 0 fully saturated rings. The Kier molecular flexibility index (Phi) is 8.42. The van der Waals surface area contributed by atoms with E-state index in [4.69, 9.17) is 4.42 Å². The van der Waals surface area contributed by atoms with Gasteiger partial charge in [0.2, 0.25) is 0 Å². The Bertz CT molecular complexity index is 1670. The van der Waals surface area contributed by atoms with Crippen LogP contribution in [0.25, 0.3) is 44.5 Å². The van der Waals surface area contributed by atoms with Gasteiger partial charge in [-0.25, -0.2) is 0 Å². The third kappa shape index (κ3) is 5.71. The van der Waals surface area contributed by atoms with Crippen molar-refractivity contribution in [2.75, 3.05) is 0 Å². The Morgan fingerprint density at radius 2 is 1.55 bits per heavy atom. The fourth-order valence-corrected chi connectivity index (χ4v) is 5.89. The number of aryl methyl sites for hydroxylation is 2. The molecular weight excluding hydrogens is 661 g/mol. The molecule has 38 heavy (non-hydrogen) atoms. The summed E-state index contributed by atoms with van der Waals surface area (Å²) >= 11 is 0. The van der Waals surface area contributed by atoms with E-state index in [9.17, 15) is 0 Å². The number of nitrogens with zero attached hydrogens (tertiary/aromatic N) is 2. The summed E-state index contributed by atoms with van der Waals surface area (Å²) in [6.07, 6.45) is 3.72. The smallest absolute Gasteiger partial charge is 0.120 e. The molecule has 5 heteroatoms. The zero-order chi connectivity index (χ0) is 26.0. The molecule has 0 amide bonds. The number of pyridine rings is 2. The minimum atomic E-state index is -1.51. The monoisotopic (exact) mass is 691 g/mol. The molecular formula is C33H30IrN2OSi-2. The molecule has 0 N–H and O–H groups in total. The minimum absolute atomic E-state index is 0. The van der Waals surface area contributed by atoms with Crippen LogP contribution >= 0.6 is 0 Å². The Balaban J connectivity index is 0.000000193. The van der Waals surface area contributed by atoms with Gasteiger partial charge in [-0.3, -0.25) is 0 Å². The van der Waals surface area contributed by atoms with Gasteiger partial charge in [-0.2, -0.15) is 0 Å². The van der Waals surface area contributed by atoms with Crippen LogP contribution in [0.15, 0.2) is 95.7 Å². The maximum absolute atomic E-state index is 6.22. The van der Waals surface area contributed by atoms with E-state index in [0.29, 0.717) is 0 Å².